The Kier molecular flexibility index (Phi) is 3.36. The molecule has 4 heteroatoms. The maximum absolute atomic E-state index is 12.0. The van der Waals surface area contributed by atoms with Crippen LogP contribution in [0.25, 0.3) is 0 Å². The first-order chi connectivity index (χ1) is 8.58. The van der Waals surface area contributed by atoms with Gasteiger partial charge in [-0.05, 0) is 18.9 Å². The van der Waals surface area contributed by atoms with Crippen molar-refractivity contribution >= 4 is 11.8 Å². The SMILES string of the molecule is CNC(=O)C1(C)CCC(=O)N1Cc1ccccc1. The molecule has 0 aromatic heterocycles. The average molecular weight is 246 g/mol. The largest absolute Gasteiger partial charge is 0.357 e. The van der Waals surface area contributed by atoms with E-state index in [0.717, 1.165) is 5.56 Å². The van der Waals surface area contributed by atoms with Crippen LogP contribution in [0.4, 0.5) is 0 Å². The molecule has 18 heavy (non-hydrogen) atoms. The van der Waals surface area contributed by atoms with Crippen LogP contribution in [0.2, 0.25) is 0 Å². The monoisotopic (exact) mass is 246 g/mol. The molecule has 1 fully saturated rings. The molecule has 0 spiro atoms. The number of benzene rings is 1. The number of rotatable bonds is 3. The fraction of sp³-hybridized carbons (Fsp3) is 0.429. The van der Waals surface area contributed by atoms with Crippen molar-refractivity contribution in [2.75, 3.05) is 7.05 Å². The van der Waals surface area contributed by atoms with E-state index in [1.54, 1.807) is 11.9 Å². The Morgan fingerprint density at radius 1 is 1.39 bits per heavy atom. The minimum Gasteiger partial charge on any atom is -0.357 e. The van der Waals surface area contributed by atoms with Crippen molar-refractivity contribution in [3.8, 4) is 0 Å². The van der Waals surface area contributed by atoms with Crippen molar-refractivity contribution in [3.63, 3.8) is 0 Å². The first-order valence-electron chi connectivity index (χ1n) is 6.14. The highest BCUT2D eigenvalue weighted by Crippen LogP contribution is 2.31. The van der Waals surface area contributed by atoms with E-state index in [-0.39, 0.29) is 11.8 Å². The highest BCUT2D eigenvalue weighted by Gasteiger charge is 2.46. The van der Waals surface area contributed by atoms with Gasteiger partial charge in [-0.3, -0.25) is 9.59 Å². The normalized spacial score (nSPS) is 23.2. The van der Waals surface area contributed by atoms with Crippen molar-refractivity contribution in [1.29, 1.82) is 0 Å². The zero-order valence-corrected chi connectivity index (χ0v) is 10.8. The molecule has 1 aromatic rings. The Morgan fingerprint density at radius 2 is 2.06 bits per heavy atom. The number of hydrogen-bond donors (Lipinski definition) is 1. The van der Waals surface area contributed by atoms with Crippen molar-refractivity contribution in [2.45, 2.75) is 31.8 Å². The van der Waals surface area contributed by atoms with E-state index in [4.69, 9.17) is 0 Å². The van der Waals surface area contributed by atoms with Crippen LogP contribution >= 0.6 is 0 Å². The summed E-state index contributed by atoms with van der Waals surface area (Å²) in [5, 5.41) is 2.65. The van der Waals surface area contributed by atoms with Gasteiger partial charge in [0, 0.05) is 20.0 Å². The molecular formula is C14H18N2O2. The quantitative estimate of drug-likeness (QED) is 0.874. The number of nitrogens with one attached hydrogen (secondary N) is 1. The first-order valence-corrected chi connectivity index (χ1v) is 6.14. The average Bonchev–Trinajstić information content (AvgIpc) is 2.68. The summed E-state index contributed by atoms with van der Waals surface area (Å²) in [7, 11) is 1.61. The fourth-order valence-electron chi connectivity index (χ4n) is 2.43. The molecule has 1 atom stereocenters. The summed E-state index contributed by atoms with van der Waals surface area (Å²) < 4.78 is 0. The molecule has 1 unspecified atom stereocenters. The van der Waals surface area contributed by atoms with Gasteiger partial charge in [-0.25, -0.2) is 0 Å². The minimum absolute atomic E-state index is 0.0463. The molecule has 1 N–H and O–H groups in total. The summed E-state index contributed by atoms with van der Waals surface area (Å²) in [5.74, 6) is -0.0470. The number of amides is 2. The number of hydrogen-bond acceptors (Lipinski definition) is 2. The third-order valence-electron chi connectivity index (χ3n) is 3.62. The van der Waals surface area contributed by atoms with Gasteiger partial charge in [-0.15, -0.1) is 0 Å². The Morgan fingerprint density at radius 3 is 2.67 bits per heavy atom. The topological polar surface area (TPSA) is 49.4 Å². The van der Waals surface area contributed by atoms with E-state index in [2.05, 4.69) is 5.32 Å². The Balaban J connectivity index is 2.23. The lowest BCUT2D eigenvalue weighted by Crippen LogP contribution is -2.53. The van der Waals surface area contributed by atoms with E-state index >= 15 is 0 Å². The van der Waals surface area contributed by atoms with E-state index < -0.39 is 5.54 Å². The van der Waals surface area contributed by atoms with E-state index in [1.807, 2.05) is 37.3 Å². The second-order valence-electron chi connectivity index (χ2n) is 4.82. The third kappa shape index (κ3) is 2.10. The predicted molar refractivity (Wildman–Crippen MR) is 68.7 cm³/mol. The van der Waals surface area contributed by atoms with Crippen LogP contribution in [0.1, 0.15) is 25.3 Å². The summed E-state index contributed by atoms with van der Waals surface area (Å²) in [6.45, 7) is 2.32. The number of likely N-dealkylation sites (N-methyl/N-ethyl adjacent to an activating group) is 1. The molecule has 2 amide bonds. The molecule has 0 aliphatic carbocycles. The van der Waals surface area contributed by atoms with Gasteiger partial charge < -0.3 is 10.2 Å². The van der Waals surface area contributed by atoms with E-state index in [9.17, 15) is 9.59 Å². The zero-order valence-electron chi connectivity index (χ0n) is 10.8. The van der Waals surface area contributed by atoms with Gasteiger partial charge in [0.15, 0.2) is 0 Å². The molecule has 0 saturated carbocycles. The van der Waals surface area contributed by atoms with Crippen LogP contribution in [0.5, 0.6) is 0 Å². The van der Waals surface area contributed by atoms with Crippen molar-refractivity contribution < 1.29 is 9.59 Å². The number of carbonyl (C=O) groups excluding carboxylic acids is 2. The smallest absolute Gasteiger partial charge is 0.245 e. The fourth-order valence-corrected chi connectivity index (χ4v) is 2.43. The summed E-state index contributed by atoms with van der Waals surface area (Å²) in [6.07, 6.45) is 1.02. The van der Waals surface area contributed by atoms with Crippen molar-refractivity contribution in [1.82, 2.24) is 10.2 Å². The molecule has 1 saturated heterocycles. The second kappa shape index (κ2) is 4.80. The molecule has 2 rings (SSSR count). The maximum atomic E-state index is 12.0. The summed E-state index contributed by atoms with van der Waals surface area (Å²) in [4.78, 5) is 25.6. The van der Waals surface area contributed by atoms with Crippen LogP contribution in [0, 0.1) is 0 Å². The Hall–Kier alpha value is -1.84. The molecule has 4 nitrogen and oxygen atoms in total. The van der Waals surface area contributed by atoms with E-state index in [1.165, 1.54) is 0 Å². The minimum atomic E-state index is -0.721. The lowest BCUT2D eigenvalue weighted by molar-refractivity contribution is -0.140. The standard InChI is InChI=1S/C14H18N2O2/c1-14(13(18)15-2)9-8-12(17)16(14)10-11-6-4-3-5-7-11/h3-7H,8-10H2,1-2H3,(H,15,18). The maximum Gasteiger partial charge on any atom is 0.245 e. The molecule has 1 aromatic carbocycles. The van der Waals surface area contributed by atoms with Crippen LogP contribution in [0.3, 0.4) is 0 Å². The third-order valence-corrected chi connectivity index (χ3v) is 3.62. The van der Waals surface area contributed by atoms with Gasteiger partial charge in [-0.1, -0.05) is 30.3 Å². The summed E-state index contributed by atoms with van der Waals surface area (Å²) >= 11 is 0. The molecule has 1 aliphatic rings. The molecule has 1 heterocycles. The Bertz CT molecular complexity index is 458. The van der Waals surface area contributed by atoms with Crippen LogP contribution < -0.4 is 5.32 Å². The van der Waals surface area contributed by atoms with Crippen LogP contribution in [-0.2, 0) is 16.1 Å². The number of carbonyl (C=O) groups is 2. The molecule has 0 radical (unpaired) electrons. The highest BCUT2D eigenvalue weighted by molar-refractivity contribution is 5.94. The van der Waals surface area contributed by atoms with E-state index in [0.29, 0.717) is 19.4 Å². The lowest BCUT2D eigenvalue weighted by Gasteiger charge is -2.33. The van der Waals surface area contributed by atoms with Gasteiger partial charge in [-0.2, -0.15) is 0 Å². The highest BCUT2D eigenvalue weighted by atomic mass is 16.2. The van der Waals surface area contributed by atoms with Gasteiger partial charge in [0.25, 0.3) is 0 Å². The lowest BCUT2D eigenvalue weighted by atomic mass is 9.97. The second-order valence-corrected chi connectivity index (χ2v) is 4.82. The summed E-state index contributed by atoms with van der Waals surface area (Å²) in [6, 6.07) is 9.75. The summed E-state index contributed by atoms with van der Waals surface area (Å²) in [5.41, 5.74) is 0.324. The predicted octanol–water partition coefficient (Wildman–Crippen LogP) is 1.31. The first kappa shape index (κ1) is 12.6. The molecular weight excluding hydrogens is 228 g/mol. The van der Waals surface area contributed by atoms with Gasteiger partial charge >= 0.3 is 0 Å². The number of nitrogens with zero attached hydrogens (tertiary/aromatic N) is 1. The van der Waals surface area contributed by atoms with Crippen molar-refractivity contribution in [3.05, 3.63) is 35.9 Å². The molecule has 1 aliphatic heterocycles. The van der Waals surface area contributed by atoms with Gasteiger partial charge in [0.05, 0.1) is 0 Å². The molecule has 0 bridgehead atoms. The van der Waals surface area contributed by atoms with Crippen LogP contribution in [-0.4, -0.2) is 29.3 Å². The molecule has 96 valence electrons. The van der Waals surface area contributed by atoms with Crippen LogP contribution in [0.15, 0.2) is 30.3 Å². The Labute approximate surface area is 107 Å². The zero-order chi connectivity index (χ0) is 13.2. The van der Waals surface area contributed by atoms with Gasteiger partial charge in [0.2, 0.25) is 11.8 Å². The van der Waals surface area contributed by atoms with Gasteiger partial charge in [0.1, 0.15) is 5.54 Å². The van der Waals surface area contributed by atoms with Crippen molar-refractivity contribution in [2.24, 2.45) is 0 Å². The number of likely N-dealkylation sites (tertiary alicyclic amines) is 1.